The van der Waals surface area contributed by atoms with E-state index in [1.165, 1.54) is 196 Å². The van der Waals surface area contributed by atoms with Crippen LogP contribution < -0.4 is 0 Å². The Morgan fingerprint density at radius 3 is 1.42 bits per heavy atom. The molecule has 0 atom stereocenters. The van der Waals surface area contributed by atoms with Crippen LogP contribution in [0.15, 0.2) is 36.4 Å². The summed E-state index contributed by atoms with van der Waals surface area (Å²) in [5, 5.41) is 0. The fraction of sp³-hybridized carbons (Fsp3) is 0.565. The minimum absolute atomic E-state index is 1.14. The predicted octanol–water partition coefficient (Wildman–Crippen LogP) is 17.6. The Labute approximate surface area is 340 Å². The van der Waals surface area contributed by atoms with Gasteiger partial charge in [-0.15, -0.1) is 45.3 Å². The number of aromatic nitrogens is 2. The standard InChI is InChI=1S/C46H62N2S5/c1-5-7-9-11-13-15-17-19-21-23-25-35-34(4)45-46(48-53-47-45)44(36(35)26-24-22-20-18-16-14-12-10-8-6-2)39-30-29-38(50-39)41-32-43-42(52-41)31-40(51-43)37-28-27-33(3)49-37/h27-32H,5-26H2,1-4H3. The molecule has 0 saturated heterocycles. The van der Waals surface area contributed by atoms with E-state index in [2.05, 4.69) is 64.1 Å². The van der Waals surface area contributed by atoms with Gasteiger partial charge in [0.2, 0.25) is 0 Å². The van der Waals surface area contributed by atoms with E-state index < -0.39 is 0 Å². The Bertz CT molecular complexity index is 1930. The molecule has 5 aromatic heterocycles. The summed E-state index contributed by atoms with van der Waals surface area (Å²) < 4.78 is 12.7. The number of rotatable bonds is 25. The van der Waals surface area contributed by atoms with Crippen molar-refractivity contribution in [2.24, 2.45) is 0 Å². The molecule has 0 N–H and O–H groups in total. The first-order chi connectivity index (χ1) is 26.1. The van der Waals surface area contributed by atoms with Crippen LogP contribution in [0.25, 0.3) is 50.4 Å². The van der Waals surface area contributed by atoms with Crippen molar-refractivity contribution in [3.63, 3.8) is 0 Å². The predicted molar refractivity (Wildman–Crippen MR) is 243 cm³/mol. The van der Waals surface area contributed by atoms with Crippen molar-refractivity contribution in [1.29, 1.82) is 0 Å². The maximum absolute atomic E-state index is 5.00. The summed E-state index contributed by atoms with van der Waals surface area (Å²) in [6.45, 7) is 9.15. The Morgan fingerprint density at radius 1 is 0.434 bits per heavy atom. The van der Waals surface area contributed by atoms with Gasteiger partial charge in [-0.1, -0.05) is 129 Å². The van der Waals surface area contributed by atoms with Crippen LogP contribution in [0.2, 0.25) is 0 Å². The van der Waals surface area contributed by atoms with Crippen LogP contribution in [0, 0.1) is 13.8 Å². The molecule has 0 amide bonds. The minimum Gasteiger partial charge on any atom is -0.173 e. The Balaban J connectivity index is 1.18. The zero-order chi connectivity index (χ0) is 36.8. The van der Waals surface area contributed by atoms with E-state index in [1.807, 2.05) is 45.3 Å². The summed E-state index contributed by atoms with van der Waals surface area (Å²) in [6.07, 6.45) is 29.8. The number of nitrogens with zero attached hydrogens (tertiary/aromatic N) is 2. The molecule has 1 aromatic carbocycles. The van der Waals surface area contributed by atoms with E-state index in [1.54, 1.807) is 11.1 Å². The number of hydrogen-bond acceptors (Lipinski definition) is 7. The third kappa shape index (κ3) is 11.1. The van der Waals surface area contributed by atoms with Gasteiger partial charge in [0, 0.05) is 44.2 Å². The fourth-order valence-electron chi connectivity index (χ4n) is 7.97. The van der Waals surface area contributed by atoms with Crippen molar-refractivity contribution < 1.29 is 0 Å². The molecule has 53 heavy (non-hydrogen) atoms. The quantitative estimate of drug-likeness (QED) is 0.0539. The number of aryl methyl sites for hydroxylation is 2. The molecule has 6 aromatic rings. The summed E-state index contributed by atoms with van der Waals surface area (Å²) in [5.41, 5.74) is 8.22. The molecular formula is C46H62N2S5. The first-order valence-corrected chi connectivity index (χ1v) is 25.0. The monoisotopic (exact) mass is 802 g/mol. The van der Waals surface area contributed by atoms with Gasteiger partial charge in [-0.3, -0.25) is 0 Å². The van der Waals surface area contributed by atoms with Crippen LogP contribution in [0.3, 0.4) is 0 Å². The van der Waals surface area contributed by atoms with Crippen LogP contribution in [-0.2, 0) is 12.8 Å². The Hall–Kier alpha value is -1.90. The van der Waals surface area contributed by atoms with Crippen molar-refractivity contribution in [3.8, 4) is 29.9 Å². The second-order valence-corrected chi connectivity index (χ2v) is 20.4. The van der Waals surface area contributed by atoms with E-state index in [0.717, 1.165) is 17.5 Å². The van der Waals surface area contributed by atoms with Crippen molar-refractivity contribution in [2.75, 3.05) is 0 Å². The molecule has 0 aliphatic heterocycles. The van der Waals surface area contributed by atoms with Gasteiger partial charge < -0.3 is 0 Å². The van der Waals surface area contributed by atoms with E-state index in [0.29, 0.717) is 0 Å². The molecular weight excluding hydrogens is 741 g/mol. The zero-order valence-electron chi connectivity index (χ0n) is 33.0. The van der Waals surface area contributed by atoms with Crippen molar-refractivity contribution >= 4 is 77.5 Å². The molecule has 0 aliphatic rings. The summed E-state index contributed by atoms with van der Waals surface area (Å²) in [6, 6.07) is 14.1. The number of fused-ring (bicyclic) bond motifs is 2. The van der Waals surface area contributed by atoms with Gasteiger partial charge in [-0.05, 0) is 92.6 Å². The van der Waals surface area contributed by atoms with Gasteiger partial charge in [0.15, 0.2) is 0 Å². The van der Waals surface area contributed by atoms with Gasteiger partial charge >= 0.3 is 0 Å². The lowest BCUT2D eigenvalue weighted by Gasteiger charge is -2.18. The SMILES string of the molecule is CCCCCCCCCCCCc1c(CCCCCCCCCCCC)c(-c2ccc(-c3cc4sc(-c5ccc(C)s5)cc4s3)s2)c2nsnc2c1C. The van der Waals surface area contributed by atoms with E-state index in [4.69, 9.17) is 8.75 Å². The lowest BCUT2D eigenvalue weighted by molar-refractivity contribution is 0.553. The smallest absolute Gasteiger partial charge is 0.113 e. The summed E-state index contributed by atoms with van der Waals surface area (Å²) in [4.78, 5) is 8.30. The van der Waals surface area contributed by atoms with Crippen molar-refractivity contribution in [2.45, 2.75) is 169 Å². The van der Waals surface area contributed by atoms with Crippen LogP contribution >= 0.6 is 57.1 Å². The van der Waals surface area contributed by atoms with Crippen molar-refractivity contribution in [3.05, 3.63) is 58.0 Å². The maximum Gasteiger partial charge on any atom is 0.113 e. The summed E-state index contributed by atoms with van der Waals surface area (Å²) in [5.74, 6) is 0. The van der Waals surface area contributed by atoms with Crippen molar-refractivity contribution in [1.82, 2.24) is 8.75 Å². The highest BCUT2D eigenvalue weighted by Gasteiger charge is 2.23. The molecule has 0 saturated carbocycles. The Morgan fingerprint density at radius 2 is 0.887 bits per heavy atom. The van der Waals surface area contributed by atoms with E-state index >= 15 is 0 Å². The summed E-state index contributed by atoms with van der Waals surface area (Å²) >= 11 is 9.15. The average Bonchev–Trinajstić information content (AvgIpc) is 4.00. The molecule has 0 unspecified atom stereocenters. The second-order valence-electron chi connectivity index (χ2n) is 15.3. The molecule has 5 heterocycles. The molecule has 0 spiro atoms. The topological polar surface area (TPSA) is 25.8 Å². The summed E-state index contributed by atoms with van der Waals surface area (Å²) in [7, 11) is 0. The average molecular weight is 803 g/mol. The number of benzene rings is 1. The molecule has 0 fully saturated rings. The largest absolute Gasteiger partial charge is 0.173 e. The zero-order valence-corrected chi connectivity index (χ0v) is 37.0. The minimum atomic E-state index is 1.14. The van der Waals surface area contributed by atoms with Gasteiger partial charge in [-0.25, -0.2) is 0 Å². The highest BCUT2D eigenvalue weighted by Crippen LogP contribution is 2.47. The lowest BCUT2D eigenvalue weighted by atomic mass is 9.87. The normalized spacial score (nSPS) is 11.9. The molecule has 7 heteroatoms. The van der Waals surface area contributed by atoms with Crippen LogP contribution in [0.4, 0.5) is 0 Å². The van der Waals surface area contributed by atoms with E-state index in [-0.39, 0.29) is 0 Å². The second kappa shape index (κ2) is 21.4. The van der Waals surface area contributed by atoms with Gasteiger partial charge in [0.05, 0.1) is 11.7 Å². The highest BCUT2D eigenvalue weighted by atomic mass is 32.1. The Kier molecular flexibility index (Phi) is 16.5. The molecule has 2 nitrogen and oxygen atoms in total. The fourth-order valence-corrected chi connectivity index (χ4v) is 13.1. The molecule has 0 bridgehead atoms. The third-order valence-electron chi connectivity index (χ3n) is 11.0. The third-order valence-corrected chi connectivity index (χ3v) is 16.4. The lowest BCUT2D eigenvalue weighted by Crippen LogP contribution is -2.03. The maximum atomic E-state index is 5.00. The van der Waals surface area contributed by atoms with Crippen LogP contribution in [0.5, 0.6) is 0 Å². The van der Waals surface area contributed by atoms with Gasteiger partial charge in [0.1, 0.15) is 11.0 Å². The molecule has 0 aliphatic carbocycles. The molecule has 286 valence electrons. The van der Waals surface area contributed by atoms with Gasteiger partial charge in [-0.2, -0.15) is 8.75 Å². The van der Waals surface area contributed by atoms with Crippen LogP contribution in [0.1, 0.15) is 164 Å². The highest BCUT2D eigenvalue weighted by molar-refractivity contribution is 7.33. The molecule has 6 rings (SSSR count). The van der Waals surface area contributed by atoms with Gasteiger partial charge in [0.25, 0.3) is 0 Å². The number of unbranched alkanes of at least 4 members (excludes halogenated alkanes) is 18. The first kappa shape index (κ1) is 40.8. The number of thiophene rings is 4. The van der Waals surface area contributed by atoms with E-state index in [9.17, 15) is 0 Å². The number of hydrogen-bond donors (Lipinski definition) is 0. The molecule has 0 radical (unpaired) electrons. The van der Waals surface area contributed by atoms with Crippen LogP contribution in [-0.4, -0.2) is 8.75 Å². The first-order valence-electron chi connectivity index (χ1n) is 21.0.